The Kier molecular flexibility index (Phi) is 4.05. The summed E-state index contributed by atoms with van der Waals surface area (Å²) in [6, 6.07) is 12.2. The monoisotopic (exact) mass is 278 g/mol. The van der Waals surface area contributed by atoms with Gasteiger partial charge in [0, 0.05) is 30.7 Å². The summed E-state index contributed by atoms with van der Waals surface area (Å²) in [6.45, 7) is 3.02. The van der Waals surface area contributed by atoms with Gasteiger partial charge in [0.25, 0.3) is 0 Å². The van der Waals surface area contributed by atoms with E-state index in [9.17, 15) is 0 Å². The number of hydrogen-bond donors (Lipinski definition) is 1. The van der Waals surface area contributed by atoms with E-state index in [4.69, 9.17) is 0 Å². The van der Waals surface area contributed by atoms with Gasteiger partial charge < -0.3 is 5.32 Å². The van der Waals surface area contributed by atoms with Crippen LogP contribution in [0.2, 0.25) is 0 Å². The molecule has 0 aliphatic heterocycles. The summed E-state index contributed by atoms with van der Waals surface area (Å²) in [5.74, 6) is 0.702. The van der Waals surface area contributed by atoms with Crippen molar-refractivity contribution in [2.45, 2.75) is 19.8 Å². The third kappa shape index (κ3) is 3.16. The lowest BCUT2D eigenvalue weighted by Crippen LogP contribution is -2.05. The minimum Gasteiger partial charge on any atom is -0.354 e. The first-order chi connectivity index (χ1) is 10.4. The highest BCUT2D eigenvalue weighted by molar-refractivity contribution is 5.82. The highest BCUT2D eigenvalue weighted by Crippen LogP contribution is 2.19. The zero-order chi connectivity index (χ0) is 14.5. The minimum atomic E-state index is 0.702. The summed E-state index contributed by atoms with van der Waals surface area (Å²) in [7, 11) is 0. The van der Waals surface area contributed by atoms with Crippen LogP contribution >= 0.6 is 0 Å². The molecule has 3 aromatic rings. The molecule has 106 valence electrons. The lowest BCUT2D eigenvalue weighted by Gasteiger charge is -2.07. The summed E-state index contributed by atoms with van der Waals surface area (Å²) < 4.78 is 0. The molecule has 0 aliphatic carbocycles. The van der Waals surface area contributed by atoms with Crippen molar-refractivity contribution in [3.63, 3.8) is 0 Å². The molecule has 0 radical (unpaired) electrons. The van der Waals surface area contributed by atoms with Crippen LogP contribution in [-0.2, 0) is 6.42 Å². The van der Waals surface area contributed by atoms with Gasteiger partial charge in [-0.2, -0.15) is 0 Å². The van der Waals surface area contributed by atoms with E-state index in [0.29, 0.717) is 5.95 Å². The minimum absolute atomic E-state index is 0.702. The number of fused-ring (bicyclic) bond motifs is 1. The van der Waals surface area contributed by atoms with E-state index in [2.05, 4.69) is 39.3 Å². The Morgan fingerprint density at radius 2 is 1.86 bits per heavy atom. The van der Waals surface area contributed by atoms with E-state index >= 15 is 0 Å². The van der Waals surface area contributed by atoms with Crippen molar-refractivity contribution in [3.8, 4) is 0 Å². The molecule has 2 aromatic heterocycles. The number of anilines is 1. The summed E-state index contributed by atoms with van der Waals surface area (Å²) in [5, 5.41) is 4.41. The van der Waals surface area contributed by atoms with E-state index < -0.39 is 0 Å². The van der Waals surface area contributed by atoms with Crippen LogP contribution < -0.4 is 5.32 Å². The SMILES string of the molecule is CCCNc1nccc(Cc2ccnc3ccccc23)n1. The van der Waals surface area contributed by atoms with E-state index in [0.717, 1.165) is 30.6 Å². The summed E-state index contributed by atoms with van der Waals surface area (Å²) in [5.41, 5.74) is 3.27. The van der Waals surface area contributed by atoms with E-state index in [-0.39, 0.29) is 0 Å². The number of rotatable bonds is 5. The van der Waals surface area contributed by atoms with Crippen molar-refractivity contribution < 1.29 is 0 Å². The Balaban J connectivity index is 1.88. The molecule has 0 spiro atoms. The molecule has 2 heterocycles. The molecule has 0 aliphatic rings. The summed E-state index contributed by atoms with van der Waals surface area (Å²) >= 11 is 0. The van der Waals surface area contributed by atoms with E-state index in [1.54, 1.807) is 0 Å². The summed E-state index contributed by atoms with van der Waals surface area (Å²) in [4.78, 5) is 13.2. The Morgan fingerprint density at radius 1 is 1.00 bits per heavy atom. The van der Waals surface area contributed by atoms with Gasteiger partial charge in [0.2, 0.25) is 5.95 Å². The van der Waals surface area contributed by atoms with Crippen LogP contribution in [0.1, 0.15) is 24.6 Å². The predicted octanol–water partition coefficient (Wildman–Crippen LogP) is 3.44. The number of benzene rings is 1. The molecule has 4 heteroatoms. The Hall–Kier alpha value is -2.49. The quantitative estimate of drug-likeness (QED) is 0.776. The lowest BCUT2D eigenvalue weighted by molar-refractivity contribution is 0.938. The molecule has 0 fully saturated rings. The molecular formula is C17H18N4. The third-order valence-corrected chi connectivity index (χ3v) is 3.36. The average Bonchev–Trinajstić information content (AvgIpc) is 2.54. The fourth-order valence-electron chi connectivity index (χ4n) is 2.32. The van der Waals surface area contributed by atoms with Gasteiger partial charge >= 0.3 is 0 Å². The fourth-order valence-corrected chi connectivity index (χ4v) is 2.32. The van der Waals surface area contributed by atoms with Gasteiger partial charge in [-0.3, -0.25) is 4.98 Å². The average molecular weight is 278 g/mol. The second-order valence-corrected chi connectivity index (χ2v) is 4.96. The second-order valence-electron chi connectivity index (χ2n) is 4.96. The first-order valence-electron chi connectivity index (χ1n) is 7.25. The molecule has 0 saturated carbocycles. The fraction of sp³-hybridized carbons (Fsp3) is 0.235. The molecule has 4 nitrogen and oxygen atoms in total. The van der Waals surface area contributed by atoms with Crippen LogP contribution in [-0.4, -0.2) is 21.5 Å². The van der Waals surface area contributed by atoms with Gasteiger partial charge in [0.05, 0.1) is 11.2 Å². The molecule has 1 aromatic carbocycles. The zero-order valence-corrected chi connectivity index (χ0v) is 12.1. The smallest absolute Gasteiger partial charge is 0.222 e. The van der Waals surface area contributed by atoms with Crippen molar-refractivity contribution in [2.75, 3.05) is 11.9 Å². The number of para-hydroxylation sites is 1. The van der Waals surface area contributed by atoms with E-state index in [1.807, 2.05) is 36.7 Å². The molecule has 0 saturated heterocycles. The highest BCUT2D eigenvalue weighted by atomic mass is 15.1. The Bertz CT molecular complexity index is 734. The van der Waals surface area contributed by atoms with Gasteiger partial charge in [-0.05, 0) is 30.2 Å². The summed E-state index contributed by atoms with van der Waals surface area (Å²) in [6.07, 6.45) is 5.51. The number of nitrogens with one attached hydrogen (secondary N) is 1. The maximum atomic E-state index is 4.57. The first kappa shape index (κ1) is 13.5. The van der Waals surface area contributed by atoms with Crippen LogP contribution in [0, 0.1) is 0 Å². The van der Waals surface area contributed by atoms with Crippen LogP contribution in [0.25, 0.3) is 10.9 Å². The largest absolute Gasteiger partial charge is 0.354 e. The molecule has 1 N–H and O–H groups in total. The number of pyridine rings is 1. The van der Waals surface area contributed by atoms with Crippen molar-refractivity contribution in [1.29, 1.82) is 0 Å². The molecule has 3 rings (SSSR count). The molecular weight excluding hydrogens is 260 g/mol. The van der Waals surface area contributed by atoms with Gasteiger partial charge in [-0.15, -0.1) is 0 Å². The third-order valence-electron chi connectivity index (χ3n) is 3.36. The van der Waals surface area contributed by atoms with Gasteiger partial charge in [-0.25, -0.2) is 9.97 Å². The number of aromatic nitrogens is 3. The van der Waals surface area contributed by atoms with Crippen LogP contribution in [0.3, 0.4) is 0 Å². The normalized spacial score (nSPS) is 10.7. The maximum absolute atomic E-state index is 4.57. The Labute approximate surface area is 124 Å². The molecule has 0 unspecified atom stereocenters. The predicted molar refractivity (Wildman–Crippen MR) is 85.4 cm³/mol. The maximum Gasteiger partial charge on any atom is 0.222 e. The van der Waals surface area contributed by atoms with Crippen molar-refractivity contribution in [2.24, 2.45) is 0 Å². The second kappa shape index (κ2) is 6.31. The van der Waals surface area contributed by atoms with Crippen LogP contribution in [0.4, 0.5) is 5.95 Å². The standard InChI is InChI=1S/C17H18N4/c1-2-9-19-17-20-11-8-14(21-17)12-13-7-10-18-16-6-4-3-5-15(13)16/h3-8,10-11H,2,9,12H2,1H3,(H,19,20,21). The molecule has 0 atom stereocenters. The molecule has 0 amide bonds. The van der Waals surface area contributed by atoms with E-state index in [1.165, 1.54) is 10.9 Å². The first-order valence-corrected chi connectivity index (χ1v) is 7.25. The van der Waals surface area contributed by atoms with Gasteiger partial charge in [0.15, 0.2) is 0 Å². The van der Waals surface area contributed by atoms with Crippen molar-refractivity contribution in [1.82, 2.24) is 15.0 Å². The van der Waals surface area contributed by atoms with Gasteiger partial charge in [0.1, 0.15) is 0 Å². The molecule has 21 heavy (non-hydrogen) atoms. The Morgan fingerprint density at radius 3 is 2.76 bits per heavy atom. The highest BCUT2D eigenvalue weighted by Gasteiger charge is 2.05. The number of nitrogens with zero attached hydrogens (tertiary/aromatic N) is 3. The zero-order valence-electron chi connectivity index (χ0n) is 12.1. The molecule has 0 bridgehead atoms. The topological polar surface area (TPSA) is 50.7 Å². The lowest BCUT2D eigenvalue weighted by atomic mass is 10.0. The van der Waals surface area contributed by atoms with Crippen LogP contribution in [0.15, 0.2) is 48.8 Å². The van der Waals surface area contributed by atoms with Crippen LogP contribution in [0.5, 0.6) is 0 Å². The number of hydrogen-bond acceptors (Lipinski definition) is 4. The van der Waals surface area contributed by atoms with Crippen molar-refractivity contribution >= 4 is 16.9 Å². The van der Waals surface area contributed by atoms with Gasteiger partial charge in [-0.1, -0.05) is 25.1 Å². The van der Waals surface area contributed by atoms with Crippen molar-refractivity contribution in [3.05, 3.63) is 60.0 Å².